The number of rotatable bonds is 2. The second kappa shape index (κ2) is 6.83. The molecular formula is C27H27FN4O3. The van der Waals surface area contributed by atoms with Gasteiger partial charge in [0.2, 0.25) is 5.91 Å². The molecule has 0 spiro atoms. The summed E-state index contributed by atoms with van der Waals surface area (Å²) in [7, 11) is 0. The molecule has 1 fully saturated rings. The summed E-state index contributed by atoms with van der Waals surface area (Å²) in [5.74, 6) is -0.341. The van der Waals surface area contributed by atoms with Gasteiger partial charge in [-0.15, -0.1) is 0 Å². The first-order chi connectivity index (χ1) is 16.5. The first-order valence-electron chi connectivity index (χ1n) is 12.1. The van der Waals surface area contributed by atoms with Crippen molar-refractivity contribution in [3.8, 4) is 0 Å². The zero-order chi connectivity index (χ0) is 24.9. The fourth-order valence-electron chi connectivity index (χ4n) is 6.91. The zero-order valence-corrected chi connectivity index (χ0v) is 20.3. The number of benzene rings is 2. The molecule has 1 aliphatic heterocycles. The Morgan fingerprint density at radius 3 is 2.57 bits per heavy atom. The van der Waals surface area contributed by atoms with E-state index in [1.54, 1.807) is 12.1 Å². The highest BCUT2D eigenvalue weighted by Gasteiger charge is 2.74. The number of non-ortho nitro benzene ring substituents is 1. The fraction of sp³-hybridized carbons (Fsp3) is 0.444. The molecule has 1 amide bonds. The van der Waals surface area contributed by atoms with E-state index in [1.165, 1.54) is 24.3 Å². The Labute approximate surface area is 202 Å². The van der Waals surface area contributed by atoms with Gasteiger partial charge in [0.05, 0.1) is 32.8 Å². The van der Waals surface area contributed by atoms with Crippen LogP contribution in [0.4, 0.5) is 15.8 Å². The highest BCUT2D eigenvalue weighted by Crippen LogP contribution is 2.70. The number of hydrogen-bond acceptors (Lipinski definition) is 5. The summed E-state index contributed by atoms with van der Waals surface area (Å²) >= 11 is 0. The van der Waals surface area contributed by atoms with Crippen LogP contribution in [0.1, 0.15) is 63.9 Å². The van der Waals surface area contributed by atoms with E-state index >= 15 is 0 Å². The van der Waals surface area contributed by atoms with Gasteiger partial charge in [0.1, 0.15) is 5.82 Å². The molecule has 180 valence electrons. The van der Waals surface area contributed by atoms with Crippen LogP contribution in [0.3, 0.4) is 0 Å². The number of nitrogens with zero attached hydrogens (tertiary/aromatic N) is 4. The summed E-state index contributed by atoms with van der Waals surface area (Å²) in [4.78, 5) is 37.4. The SMILES string of the molecule is CC1CCc2cc(F)ccc2N1C(=O)C12CCC(C)(c3nc4ccc([N+](=O)[O-])cc4nc31)C2(C)C. The van der Waals surface area contributed by atoms with E-state index in [2.05, 4.69) is 20.8 Å². The Morgan fingerprint density at radius 1 is 1.09 bits per heavy atom. The molecule has 0 saturated heterocycles. The van der Waals surface area contributed by atoms with Crippen LogP contribution in [-0.4, -0.2) is 26.8 Å². The molecular weight excluding hydrogens is 447 g/mol. The lowest BCUT2D eigenvalue weighted by Crippen LogP contribution is -2.56. The standard InChI is InChI=1S/C27H27FN4O3/c1-15-5-6-16-13-17(28)7-10-21(16)31(15)24(33)27-12-11-26(4,25(27,2)3)22-23(27)30-20-14-18(32(34)35)8-9-19(20)29-22/h7-10,13-15H,5-6,11-12H2,1-4H3. The summed E-state index contributed by atoms with van der Waals surface area (Å²) in [6, 6.07) is 9.11. The third kappa shape index (κ3) is 2.57. The lowest BCUT2D eigenvalue weighted by molar-refractivity contribution is -0.384. The molecule has 0 N–H and O–H groups in total. The molecule has 0 radical (unpaired) electrons. The van der Waals surface area contributed by atoms with Crippen LogP contribution < -0.4 is 4.90 Å². The summed E-state index contributed by atoms with van der Waals surface area (Å²) in [6.07, 6.45) is 2.89. The molecule has 8 heteroatoms. The number of carbonyl (C=O) groups is 1. The van der Waals surface area contributed by atoms with Gasteiger partial charge in [0.25, 0.3) is 5.69 Å². The van der Waals surface area contributed by atoms with E-state index in [4.69, 9.17) is 9.97 Å². The van der Waals surface area contributed by atoms with Crippen molar-refractivity contribution in [2.45, 2.75) is 70.3 Å². The minimum Gasteiger partial charge on any atom is -0.309 e. The molecule has 3 aromatic rings. The van der Waals surface area contributed by atoms with Crippen LogP contribution in [0.15, 0.2) is 36.4 Å². The third-order valence-electron chi connectivity index (χ3n) is 9.39. The van der Waals surface area contributed by atoms with Gasteiger partial charge in [-0.3, -0.25) is 14.9 Å². The quantitative estimate of drug-likeness (QED) is 0.368. The normalized spacial score (nSPS) is 28.1. The number of anilines is 1. The average Bonchev–Trinajstić information content (AvgIpc) is 3.11. The van der Waals surface area contributed by atoms with Crippen LogP contribution >= 0.6 is 0 Å². The monoisotopic (exact) mass is 474 g/mol. The van der Waals surface area contributed by atoms with Crippen LogP contribution in [0.5, 0.6) is 0 Å². The maximum Gasteiger partial charge on any atom is 0.271 e. The maximum atomic E-state index is 14.7. The number of amides is 1. The molecule has 3 atom stereocenters. The van der Waals surface area contributed by atoms with Gasteiger partial charge in [-0.1, -0.05) is 20.8 Å². The lowest BCUT2D eigenvalue weighted by Gasteiger charge is -2.45. The van der Waals surface area contributed by atoms with Crippen molar-refractivity contribution < 1.29 is 14.1 Å². The van der Waals surface area contributed by atoms with Crippen molar-refractivity contribution in [3.63, 3.8) is 0 Å². The molecule has 1 saturated carbocycles. The Kier molecular flexibility index (Phi) is 4.31. The van der Waals surface area contributed by atoms with E-state index in [1.807, 2.05) is 11.8 Å². The van der Waals surface area contributed by atoms with Gasteiger partial charge in [-0.05, 0) is 67.9 Å². The Morgan fingerprint density at radius 2 is 1.83 bits per heavy atom. The number of hydrogen-bond donors (Lipinski definition) is 0. The molecule has 35 heavy (non-hydrogen) atoms. The van der Waals surface area contributed by atoms with Crippen LogP contribution in [0.25, 0.3) is 11.0 Å². The van der Waals surface area contributed by atoms with E-state index in [9.17, 15) is 19.3 Å². The summed E-state index contributed by atoms with van der Waals surface area (Å²) in [5, 5.41) is 11.4. The maximum absolute atomic E-state index is 14.7. The summed E-state index contributed by atoms with van der Waals surface area (Å²) < 4.78 is 14.0. The van der Waals surface area contributed by atoms with Gasteiger partial charge in [0, 0.05) is 29.3 Å². The summed E-state index contributed by atoms with van der Waals surface area (Å²) in [6.45, 7) is 8.43. The van der Waals surface area contributed by atoms with Crippen LogP contribution in [-0.2, 0) is 22.0 Å². The number of nitro groups is 1. The minimum absolute atomic E-state index is 0.0379. The predicted molar refractivity (Wildman–Crippen MR) is 130 cm³/mol. The minimum atomic E-state index is -0.930. The number of aryl methyl sites for hydroxylation is 1. The van der Waals surface area contributed by atoms with E-state index in [0.29, 0.717) is 23.1 Å². The van der Waals surface area contributed by atoms with Gasteiger partial charge in [0.15, 0.2) is 0 Å². The smallest absolute Gasteiger partial charge is 0.271 e. The highest BCUT2D eigenvalue weighted by atomic mass is 19.1. The summed E-state index contributed by atoms with van der Waals surface area (Å²) in [5.41, 5.74) is 2.22. The van der Waals surface area contributed by atoms with Crippen LogP contribution in [0, 0.1) is 21.3 Å². The van der Waals surface area contributed by atoms with E-state index < -0.39 is 15.8 Å². The second-order valence-corrected chi connectivity index (χ2v) is 11.0. The number of aromatic nitrogens is 2. The highest BCUT2D eigenvalue weighted by molar-refractivity contribution is 6.05. The van der Waals surface area contributed by atoms with Crippen molar-refractivity contribution in [2.75, 3.05) is 4.90 Å². The largest absolute Gasteiger partial charge is 0.309 e. The number of halogens is 1. The molecule has 2 aliphatic carbocycles. The number of fused-ring (bicyclic) bond motifs is 7. The average molecular weight is 475 g/mol. The van der Waals surface area contributed by atoms with Gasteiger partial charge in [-0.25, -0.2) is 14.4 Å². The topological polar surface area (TPSA) is 89.2 Å². The Bertz CT molecular complexity index is 1450. The second-order valence-electron chi connectivity index (χ2n) is 11.0. The van der Waals surface area contributed by atoms with Crippen molar-refractivity contribution in [1.82, 2.24) is 9.97 Å². The zero-order valence-electron chi connectivity index (χ0n) is 20.3. The fourth-order valence-corrected chi connectivity index (χ4v) is 6.91. The molecule has 6 rings (SSSR count). The Balaban J connectivity index is 1.59. The van der Waals surface area contributed by atoms with Crippen molar-refractivity contribution in [2.24, 2.45) is 5.41 Å². The van der Waals surface area contributed by atoms with Crippen LogP contribution in [0.2, 0.25) is 0 Å². The van der Waals surface area contributed by atoms with Gasteiger partial charge >= 0.3 is 0 Å². The number of nitro benzene ring substituents is 1. The van der Waals surface area contributed by atoms with Crippen molar-refractivity contribution >= 4 is 28.3 Å². The van der Waals surface area contributed by atoms with Gasteiger partial charge in [-0.2, -0.15) is 0 Å². The first kappa shape index (κ1) is 22.1. The molecule has 2 heterocycles. The molecule has 7 nitrogen and oxygen atoms in total. The third-order valence-corrected chi connectivity index (χ3v) is 9.39. The van der Waals surface area contributed by atoms with Crippen molar-refractivity contribution in [1.29, 1.82) is 0 Å². The van der Waals surface area contributed by atoms with E-state index in [0.717, 1.165) is 36.2 Å². The molecule has 2 aromatic carbocycles. The van der Waals surface area contributed by atoms with Gasteiger partial charge < -0.3 is 4.90 Å². The molecule has 3 unspecified atom stereocenters. The molecule has 2 bridgehead atoms. The lowest BCUT2D eigenvalue weighted by atomic mass is 9.63. The number of carbonyl (C=O) groups excluding carboxylic acids is 1. The predicted octanol–water partition coefficient (Wildman–Crippen LogP) is 5.37. The first-order valence-corrected chi connectivity index (χ1v) is 12.1. The Hall–Kier alpha value is -3.42. The van der Waals surface area contributed by atoms with Crippen molar-refractivity contribution in [3.05, 3.63) is 69.3 Å². The molecule has 1 aromatic heterocycles. The molecule has 3 aliphatic rings. The van der Waals surface area contributed by atoms with E-state index in [-0.39, 0.29) is 28.9 Å².